The van der Waals surface area contributed by atoms with Gasteiger partial charge in [0.05, 0.1) is 6.20 Å². The first-order chi connectivity index (χ1) is 13.6. The fourth-order valence-electron chi connectivity index (χ4n) is 3.51. The van der Waals surface area contributed by atoms with Crippen molar-refractivity contribution >= 4 is 17.5 Å². The van der Waals surface area contributed by atoms with Gasteiger partial charge in [0.1, 0.15) is 11.9 Å². The highest BCUT2D eigenvalue weighted by Gasteiger charge is 2.32. The van der Waals surface area contributed by atoms with Crippen molar-refractivity contribution in [3.05, 3.63) is 66.5 Å². The summed E-state index contributed by atoms with van der Waals surface area (Å²) < 4.78 is 13.6. The summed E-state index contributed by atoms with van der Waals surface area (Å²) in [5.74, 6) is 0.0727. The zero-order chi connectivity index (χ0) is 19.5. The van der Waals surface area contributed by atoms with Gasteiger partial charge >= 0.3 is 0 Å². The zero-order valence-corrected chi connectivity index (χ0v) is 15.5. The third kappa shape index (κ3) is 3.69. The molecule has 142 valence electrons. The Balaban J connectivity index is 1.56. The van der Waals surface area contributed by atoms with E-state index in [0.29, 0.717) is 17.2 Å². The molecule has 2 aromatic heterocycles. The lowest BCUT2D eigenvalue weighted by Gasteiger charge is -2.23. The molecular weight excluding hydrogens is 357 g/mol. The van der Waals surface area contributed by atoms with E-state index < -0.39 is 5.82 Å². The second-order valence-corrected chi connectivity index (χ2v) is 6.81. The lowest BCUT2D eigenvalue weighted by Crippen LogP contribution is -2.40. The number of amides is 1. The molecule has 1 aliphatic rings. The lowest BCUT2D eigenvalue weighted by atomic mass is 10.0. The number of benzene rings is 1. The van der Waals surface area contributed by atoms with Crippen molar-refractivity contribution in [1.29, 1.82) is 0 Å². The number of nitrogens with one attached hydrogen (secondary N) is 1. The first-order valence-electron chi connectivity index (χ1n) is 9.18. The third-order valence-corrected chi connectivity index (χ3v) is 4.89. The Morgan fingerprint density at radius 1 is 1.21 bits per heavy atom. The van der Waals surface area contributed by atoms with Crippen LogP contribution in [0.3, 0.4) is 0 Å². The molecule has 1 amide bonds. The molecule has 1 atom stereocenters. The smallest absolute Gasteiger partial charge is 0.247 e. The normalized spacial score (nSPS) is 16.2. The number of halogens is 1. The summed E-state index contributed by atoms with van der Waals surface area (Å²) >= 11 is 0. The summed E-state index contributed by atoms with van der Waals surface area (Å²) in [5.41, 5.74) is 3.15. The van der Waals surface area contributed by atoms with Gasteiger partial charge in [-0.25, -0.2) is 14.4 Å². The highest BCUT2D eigenvalue weighted by atomic mass is 19.1. The summed E-state index contributed by atoms with van der Waals surface area (Å²) in [6, 6.07) is 8.48. The molecule has 7 heteroatoms. The fraction of sp³-hybridized carbons (Fsp3) is 0.238. The van der Waals surface area contributed by atoms with Crippen LogP contribution in [0, 0.1) is 12.7 Å². The zero-order valence-electron chi connectivity index (χ0n) is 15.5. The van der Waals surface area contributed by atoms with E-state index in [2.05, 4.69) is 20.3 Å². The van der Waals surface area contributed by atoms with Crippen molar-refractivity contribution in [2.24, 2.45) is 0 Å². The van der Waals surface area contributed by atoms with Crippen LogP contribution in [-0.4, -0.2) is 33.4 Å². The van der Waals surface area contributed by atoms with E-state index in [4.69, 9.17) is 0 Å². The molecule has 0 saturated carbocycles. The van der Waals surface area contributed by atoms with Crippen molar-refractivity contribution in [2.45, 2.75) is 25.8 Å². The van der Waals surface area contributed by atoms with Crippen molar-refractivity contribution in [2.75, 3.05) is 16.8 Å². The Labute approximate surface area is 162 Å². The molecule has 1 saturated heterocycles. The van der Waals surface area contributed by atoms with Crippen LogP contribution in [-0.2, 0) is 4.79 Å². The number of carbonyl (C=O) groups excluding carboxylic acids is 1. The molecule has 4 rings (SSSR count). The molecule has 1 aliphatic heterocycles. The number of nitrogens with zero attached hydrogens (tertiary/aromatic N) is 4. The van der Waals surface area contributed by atoms with E-state index in [1.807, 2.05) is 30.0 Å². The number of hydrogen-bond donors (Lipinski definition) is 1. The van der Waals surface area contributed by atoms with Crippen molar-refractivity contribution in [3.8, 4) is 11.1 Å². The number of pyridine rings is 1. The lowest BCUT2D eigenvalue weighted by molar-refractivity contribution is -0.117. The Morgan fingerprint density at radius 3 is 2.82 bits per heavy atom. The van der Waals surface area contributed by atoms with Crippen LogP contribution in [0.5, 0.6) is 0 Å². The van der Waals surface area contributed by atoms with Crippen LogP contribution in [0.2, 0.25) is 0 Å². The van der Waals surface area contributed by atoms with Crippen molar-refractivity contribution in [3.63, 3.8) is 0 Å². The van der Waals surface area contributed by atoms with Crippen LogP contribution in [0.4, 0.5) is 16.0 Å². The average Bonchev–Trinajstić information content (AvgIpc) is 3.20. The molecule has 3 heterocycles. The second-order valence-electron chi connectivity index (χ2n) is 6.81. The Bertz CT molecular complexity index is 995. The molecule has 1 fully saturated rings. The second kappa shape index (κ2) is 7.72. The van der Waals surface area contributed by atoms with Gasteiger partial charge in [-0.3, -0.25) is 9.78 Å². The van der Waals surface area contributed by atoms with Crippen LogP contribution in [0.25, 0.3) is 11.1 Å². The Hall–Kier alpha value is -3.35. The molecule has 0 spiro atoms. The minimum atomic E-state index is -0.393. The maximum absolute atomic E-state index is 13.6. The van der Waals surface area contributed by atoms with E-state index in [-0.39, 0.29) is 11.9 Å². The average molecular weight is 377 g/mol. The maximum Gasteiger partial charge on any atom is 0.247 e. The van der Waals surface area contributed by atoms with Crippen LogP contribution in [0.1, 0.15) is 18.4 Å². The molecule has 1 N–H and O–H groups in total. The summed E-state index contributed by atoms with van der Waals surface area (Å²) in [6.45, 7) is 2.69. The third-order valence-electron chi connectivity index (χ3n) is 4.89. The molecule has 1 aromatic carbocycles. The van der Waals surface area contributed by atoms with Crippen LogP contribution >= 0.6 is 0 Å². The SMILES string of the molecule is Cc1ccc(NC(=O)C2CCCN2c2ncccn2)cc1-c1cncc(F)c1. The summed E-state index contributed by atoms with van der Waals surface area (Å²) in [4.78, 5) is 27.3. The van der Waals surface area contributed by atoms with E-state index in [1.165, 1.54) is 12.3 Å². The number of anilines is 2. The minimum absolute atomic E-state index is 0.0999. The minimum Gasteiger partial charge on any atom is -0.329 e. The van der Waals surface area contributed by atoms with Gasteiger partial charge in [-0.05, 0) is 55.2 Å². The monoisotopic (exact) mass is 377 g/mol. The van der Waals surface area contributed by atoms with Gasteiger partial charge < -0.3 is 10.2 Å². The van der Waals surface area contributed by atoms with E-state index in [9.17, 15) is 9.18 Å². The highest BCUT2D eigenvalue weighted by Crippen LogP contribution is 2.28. The molecule has 6 nitrogen and oxygen atoms in total. The highest BCUT2D eigenvalue weighted by molar-refractivity contribution is 5.97. The van der Waals surface area contributed by atoms with Gasteiger partial charge in [0, 0.05) is 36.4 Å². The first-order valence-corrected chi connectivity index (χ1v) is 9.18. The largest absolute Gasteiger partial charge is 0.329 e. The van der Waals surface area contributed by atoms with Crippen molar-refractivity contribution in [1.82, 2.24) is 15.0 Å². The number of aromatic nitrogens is 3. The Morgan fingerprint density at radius 2 is 2.04 bits per heavy atom. The predicted octanol–water partition coefficient (Wildman–Crippen LogP) is 3.59. The molecule has 0 bridgehead atoms. The number of hydrogen-bond acceptors (Lipinski definition) is 5. The van der Waals surface area contributed by atoms with E-state index in [0.717, 1.165) is 30.5 Å². The molecule has 3 aromatic rings. The summed E-state index contributed by atoms with van der Waals surface area (Å²) in [6.07, 6.45) is 7.79. The molecule has 0 aliphatic carbocycles. The van der Waals surface area contributed by atoms with Gasteiger partial charge in [-0.1, -0.05) is 6.07 Å². The topological polar surface area (TPSA) is 71.0 Å². The fourth-order valence-corrected chi connectivity index (χ4v) is 3.51. The Kier molecular flexibility index (Phi) is 4.97. The van der Waals surface area contributed by atoms with E-state index in [1.54, 1.807) is 24.7 Å². The van der Waals surface area contributed by atoms with Crippen molar-refractivity contribution < 1.29 is 9.18 Å². The van der Waals surface area contributed by atoms with Crippen LogP contribution in [0.15, 0.2) is 55.1 Å². The number of rotatable bonds is 4. The summed E-state index contributed by atoms with van der Waals surface area (Å²) in [5, 5.41) is 2.99. The standard InChI is InChI=1S/C21H20FN5O/c1-14-5-6-17(11-18(14)15-10-16(22)13-23-12-15)26-20(28)19-4-2-9-27(19)21-24-7-3-8-25-21/h3,5-8,10-13,19H,2,4,9H2,1H3,(H,26,28). The molecule has 1 unspecified atom stereocenters. The van der Waals surface area contributed by atoms with Gasteiger partial charge in [0.25, 0.3) is 0 Å². The first kappa shape index (κ1) is 18.0. The van der Waals surface area contributed by atoms with Crippen LogP contribution < -0.4 is 10.2 Å². The molecular formula is C21H20FN5O. The number of carbonyl (C=O) groups is 1. The molecule has 0 radical (unpaired) electrons. The van der Waals surface area contributed by atoms with Gasteiger partial charge in [-0.15, -0.1) is 0 Å². The summed E-state index contributed by atoms with van der Waals surface area (Å²) in [7, 11) is 0. The van der Waals surface area contributed by atoms with E-state index >= 15 is 0 Å². The van der Waals surface area contributed by atoms with Gasteiger partial charge in [-0.2, -0.15) is 0 Å². The quantitative estimate of drug-likeness (QED) is 0.752. The van der Waals surface area contributed by atoms with Gasteiger partial charge in [0.2, 0.25) is 11.9 Å². The maximum atomic E-state index is 13.6. The predicted molar refractivity (Wildman–Crippen MR) is 105 cm³/mol. The number of aryl methyl sites for hydroxylation is 1. The molecule has 28 heavy (non-hydrogen) atoms. The van der Waals surface area contributed by atoms with Gasteiger partial charge in [0.15, 0.2) is 0 Å².